The lowest BCUT2D eigenvalue weighted by Gasteiger charge is -2.10. The molecule has 0 aromatic heterocycles. The minimum Gasteiger partial charge on any atom is -0.497 e. The Morgan fingerprint density at radius 1 is 1.11 bits per heavy atom. The summed E-state index contributed by atoms with van der Waals surface area (Å²) in [6.07, 6.45) is 0. The van der Waals surface area contributed by atoms with Gasteiger partial charge in [-0.25, -0.2) is 0 Å². The second-order valence-electron chi connectivity index (χ2n) is 4.16. The number of halogens is 1. The highest BCUT2D eigenvalue weighted by molar-refractivity contribution is 6.30. The highest BCUT2D eigenvalue weighted by Gasteiger charge is 1.99. The predicted octanol–water partition coefficient (Wildman–Crippen LogP) is 4.27. The standard InChI is InChI=1S/C15H16ClNO/c1-11-9-13(16)5-8-15(11)17-10-12-3-6-14(18-2)7-4-12/h3-9,17H,10H2,1-2H3. The van der Waals surface area contributed by atoms with Gasteiger partial charge in [-0.1, -0.05) is 23.7 Å². The van der Waals surface area contributed by atoms with E-state index in [4.69, 9.17) is 16.3 Å². The first-order valence-corrected chi connectivity index (χ1v) is 6.20. The van der Waals surface area contributed by atoms with Crippen LogP contribution >= 0.6 is 11.6 Å². The summed E-state index contributed by atoms with van der Waals surface area (Å²) in [6, 6.07) is 13.9. The third kappa shape index (κ3) is 3.17. The van der Waals surface area contributed by atoms with Crippen LogP contribution in [0.25, 0.3) is 0 Å². The maximum atomic E-state index is 5.93. The smallest absolute Gasteiger partial charge is 0.118 e. The Balaban J connectivity index is 2.02. The summed E-state index contributed by atoms with van der Waals surface area (Å²) in [5.41, 5.74) is 3.47. The fraction of sp³-hybridized carbons (Fsp3) is 0.200. The van der Waals surface area contributed by atoms with Crippen LogP contribution in [0.4, 0.5) is 5.69 Å². The summed E-state index contributed by atoms with van der Waals surface area (Å²) >= 11 is 5.93. The lowest BCUT2D eigenvalue weighted by Crippen LogP contribution is -2.00. The zero-order valence-electron chi connectivity index (χ0n) is 10.5. The van der Waals surface area contributed by atoms with Gasteiger partial charge in [0.1, 0.15) is 5.75 Å². The van der Waals surface area contributed by atoms with Crippen LogP contribution in [0.5, 0.6) is 5.75 Å². The first-order chi connectivity index (χ1) is 8.69. The van der Waals surface area contributed by atoms with Crippen LogP contribution < -0.4 is 10.1 Å². The van der Waals surface area contributed by atoms with Crippen LogP contribution in [0, 0.1) is 6.92 Å². The molecule has 0 aliphatic heterocycles. The number of nitrogens with one attached hydrogen (secondary N) is 1. The van der Waals surface area contributed by atoms with E-state index in [1.165, 1.54) is 5.56 Å². The van der Waals surface area contributed by atoms with Crippen LogP contribution in [0.3, 0.4) is 0 Å². The van der Waals surface area contributed by atoms with Crippen LogP contribution in [0.1, 0.15) is 11.1 Å². The third-order valence-corrected chi connectivity index (χ3v) is 3.07. The summed E-state index contributed by atoms with van der Waals surface area (Å²) in [5.74, 6) is 0.876. The maximum Gasteiger partial charge on any atom is 0.118 e. The predicted molar refractivity (Wildman–Crippen MR) is 76.5 cm³/mol. The van der Waals surface area contributed by atoms with Crippen molar-refractivity contribution in [2.45, 2.75) is 13.5 Å². The molecule has 0 aliphatic carbocycles. The van der Waals surface area contributed by atoms with Crippen molar-refractivity contribution in [3.8, 4) is 5.75 Å². The lowest BCUT2D eigenvalue weighted by atomic mass is 10.1. The van der Waals surface area contributed by atoms with Gasteiger partial charge in [0.05, 0.1) is 7.11 Å². The summed E-state index contributed by atoms with van der Waals surface area (Å²) < 4.78 is 5.13. The van der Waals surface area contributed by atoms with Crippen molar-refractivity contribution in [1.82, 2.24) is 0 Å². The number of rotatable bonds is 4. The van der Waals surface area contributed by atoms with Crippen molar-refractivity contribution in [2.24, 2.45) is 0 Å². The minimum atomic E-state index is 0.766. The highest BCUT2D eigenvalue weighted by atomic mass is 35.5. The van der Waals surface area contributed by atoms with E-state index in [0.29, 0.717) is 0 Å². The Morgan fingerprint density at radius 3 is 2.44 bits per heavy atom. The fourth-order valence-corrected chi connectivity index (χ4v) is 1.99. The average Bonchev–Trinajstić information content (AvgIpc) is 2.38. The normalized spacial score (nSPS) is 10.2. The first kappa shape index (κ1) is 12.8. The van der Waals surface area contributed by atoms with Gasteiger partial charge >= 0.3 is 0 Å². The van der Waals surface area contributed by atoms with Gasteiger partial charge in [-0.3, -0.25) is 0 Å². The number of hydrogen-bond donors (Lipinski definition) is 1. The van der Waals surface area contributed by atoms with Crippen LogP contribution in [0.15, 0.2) is 42.5 Å². The zero-order chi connectivity index (χ0) is 13.0. The number of aryl methyl sites for hydroxylation is 1. The SMILES string of the molecule is COc1ccc(CNc2ccc(Cl)cc2C)cc1. The Labute approximate surface area is 113 Å². The molecular weight excluding hydrogens is 246 g/mol. The second-order valence-corrected chi connectivity index (χ2v) is 4.60. The van der Waals surface area contributed by atoms with Crippen molar-refractivity contribution in [3.63, 3.8) is 0 Å². The molecule has 0 amide bonds. The molecule has 18 heavy (non-hydrogen) atoms. The molecule has 0 unspecified atom stereocenters. The van der Waals surface area contributed by atoms with E-state index in [9.17, 15) is 0 Å². The average molecular weight is 262 g/mol. The molecule has 2 aromatic rings. The van der Waals surface area contributed by atoms with Gasteiger partial charge in [0, 0.05) is 17.3 Å². The summed E-state index contributed by atoms with van der Waals surface area (Å²) in [7, 11) is 1.67. The van der Waals surface area contributed by atoms with Gasteiger partial charge in [0.2, 0.25) is 0 Å². The lowest BCUT2D eigenvalue weighted by molar-refractivity contribution is 0.414. The molecule has 0 spiro atoms. The summed E-state index contributed by atoms with van der Waals surface area (Å²) in [6.45, 7) is 2.83. The zero-order valence-corrected chi connectivity index (χ0v) is 11.3. The third-order valence-electron chi connectivity index (χ3n) is 2.83. The van der Waals surface area contributed by atoms with E-state index in [-0.39, 0.29) is 0 Å². The summed E-state index contributed by atoms with van der Waals surface area (Å²) in [4.78, 5) is 0. The van der Waals surface area contributed by atoms with E-state index in [1.807, 2.05) is 37.3 Å². The molecule has 3 heteroatoms. The van der Waals surface area contributed by atoms with Crippen molar-refractivity contribution in [1.29, 1.82) is 0 Å². The van der Waals surface area contributed by atoms with E-state index in [1.54, 1.807) is 7.11 Å². The molecule has 1 N–H and O–H groups in total. The minimum absolute atomic E-state index is 0.766. The molecule has 0 saturated carbocycles. The number of methoxy groups -OCH3 is 1. The Bertz CT molecular complexity index is 523. The Hall–Kier alpha value is -1.67. The van der Waals surface area contributed by atoms with Crippen LogP contribution in [-0.2, 0) is 6.54 Å². The molecule has 0 heterocycles. The summed E-state index contributed by atoms with van der Waals surface area (Å²) in [5, 5.41) is 4.16. The largest absolute Gasteiger partial charge is 0.497 e. The molecule has 2 nitrogen and oxygen atoms in total. The van der Waals surface area contributed by atoms with E-state index >= 15 is 0 Å². The van der Waals surface area contributed by atoms with Gasteiger partial charge in [-0.2, -0.15) is 0 Å². The molecule has 0 radical (unpaired) electrons. The molecule has 2 rings (SSSR count). The number of hydrogen-bond acceptors (Lipinski definition) is 2. The molecular formula is C15H16ClNO. The van der Waals surface area contributed by atoms with E-state index < -0.39 is 0 Å². The van der Waals surface area contributed by atoms with Crippen molar-refractivity contribution in [3.05, 3.63) is 58.6 Å². The molecule has 2 aromatic carbocycles. The Kier molecular flexibility index (Phi) is 4.11. The highest BCUT2D eigenvalue weighted by Crippen LogP contribution is 2.20. The quantitative estimate of drug-likeness (QED) is 0.888. The van der Waals surface area contributed by atoms with Crippen molar-refractivity contribution >= 4 is 17.3 Å². The second kappa shape index (κ2) is 5.78. The Morgan fingerprint density at radius 2 is 1.83 bits per heavy atom. The van der Waals surface area contributed by atoms with E-state index in [2.05, 4.69) is 17.4 Å². The molecule has 0 fully saturated rings. The molecule has 0 atom stereocenters. The monoisotopic (exact) mass is 261 g/mol. The van der Waals surface area contributed by atoms with Crippen molar-refractivity contribution in [2.75, 3.05) is 12.4 Å². The maximum absolute atomic E-state index is 5.93. The number of benzene rings is 2. The van der Waals surface area contributed by atoms with Gasteiger partial charge in [-0.15, -0.1) is 0 Å². The first-order valence-electron chi connectivity index (χ1n) is 5.82. The van der Waals surface area contributed by atoms with Crippen LogP contribution in [0.2, 0.25) is 5.02 Å². The van der Waals surface area contributed by atoms with Gasteiger partial charge in [-0.05, 0) is 48.4 Å². The van der Waals surface area contributed by atoms with Crippen molar-refractivity contribution < 1.29 is 4.74 Å². The molecule has 0 saturated heterocycles. The van der Waals surface area contributed by atoms with Gasteiger partial charge < -0.3 is 10.1 Å². The molecule has 0 bridgehead atoms. The number of ether oxygens (including phenoxy) is 1. The van der Waals surface area contributed by atoms with Crippen LogP contribution in [-0.4, -0.2) is 7.11 Å². The fourth-order valence-electron chi connectivity index (χ4n) is 1.77. The number of anilines is 1. The van der Waals surface area contributed by atoms with E-state index in [0.717, 1.165) is 28.6 Å². The molecule has 94 valence electrons. The topological polar surface area (TPSA) is 21.3 Å². The van der Waals surface area contributed by atoms with Gasteiger partial charge in [0.25, 0.3) is 0 Å². The molecule has 0 aliphatic rings. The van der Waals surface area contributed by atoms with Gasteiger partial charge in [0.15, 0.2) is 0 Å².